The summed E-state index contributed by atoms with van der Waals surface area (Å²) in [4.78, 5) is 12.0. The molecule has 0 unspecified atom stereocenters. The van der Waals surface area contributed by atoms with Crippen LogP contribution in [0.1, 0.15) is 5.56 Å². The second-order valence-corrected chi connectivity index (χ2v) is 3.86. The van der Waals surface area contributed by atoms with Crippen LogP contribution in [0.25, 0.3) is 0 Å². The van der Waals surface area contributed by atoms with Gasteiger partial charge in [0.1, 0.15) is 5.82 Å². The highest BCUT2D eigenvalue weighted by Crippen LogP contribution is 2.19. The fraction of sp³-hybridized carbons (Fsp3) is 0.250. The van der Waals surface area contributed by atoms with Crippen LogP contribution in [0.2, 0.25) is 5.02 Å². The molecule has 3 nitrogen and oxygen atoms in total. The molecule has 17 heavy (non-hydrogen) atoms. The largest absolute Gasteiger partial charge is 0.480 e. The fourth-order valence-corrected chi connectivity index (χ4v) is 1.59. The number of rotatable bonds is 5. The van der Waals surface area contributed by atoms with E-state index >= 15 is 0 Å². The van der Waals surface area contributed by atoms with Crippen LogP contribution in [-0.2, 0) is 11.3 Å². The highest BCUT2D eigenvalue weighted by Gasteiger charge is 2.13. The van der Waals surface area contributed by atoms with E-state index in [0.717, 1.165) is 0 Å². The van der Waals surface area contributed by atoms with Crippen molar-refractivity contribution < 1.29 is 14.3 Å². The molecule has 0 saturated heterocycles. The van der Waals surface area contributed by atoms with Crippen LogP contribution in [0.5, 0.6) is 0 Å². The first-order valence-corrected chi connectivity index (χ1v) is 5.23. The van der Waals surface area contributed by atoms with Crippen molar-refractivity contribution in [2.75, 3.05) is 13.1 Å². The predicted octanol–water partition coefficient (Wildman–Crippen LogP) is 2.00. The van der Waals surface area contributed by atoms with E-state index in [4.69, 9.17) is 23.1 Å². The van der Waals surface area contributed by atoms with Crippen molar-refractivity contribution in [2.24, 2.45) is 0 Å². The number of terminal acetylenes is 1. The molecule has 0 bridgehead atoms. The summed E-state index contributed by atoms with van der Waals surface area (Å²) in [6.07, 6.45) is 5.12. The lowest BCUT2D eigenvalue weighted by Gasteiger charge is -2.17. The van der Waals surface area contributed by atoms with Gasteiger partial charge in [-0.2, -0.15) is 0 Å². The quantitative estimate of drug-likeness (QED) is 0.818. The van der Waals surface area contributed by atoms with Crippen LogP contribution in [0, 0.1) is 18.2 Å². The third-order valence-corrected chi connectivity index (χ3v) is 2.39. The van der Waals surface area contributed by atoms with Crippen LogP contribution in [0.3, 0.4) is 0 Å². The molecule has 5 heteroatoms. The Hall–Kier alpha value is -1.57. The normalized spacial score (nSPS) is 10.2. The number of benzene rings is 1. The van der Waals surface area contributed by atoms with E-state index in [1.807, 2.05) is 0 Å². The number of carboxylic acids is 1. The monoisotopic (exact) mass is 255 g/mol. The fourth-order valence-electron chi connectivity index (χ4n) is 1.40. The van der Waals surface area contributed by atoms with E-state index in [1.165, 1.54) is 11.0 Å². The van der Waals surface area contributed by atoms with Crippen LogP contribution in [0.4, 0.5) is 4.39 Å². The number of aliphatic carboxylic acids is 1. The van der Waals surface area contributed by atoms with Gasteiger partial charge >= 0.3 is 5.97 Å². The zero-order valence-electron chi connectivity index (χ0n) is 8.99. The van der Waals surface area contributed by atoms with Gasteiger partial charge in [0.05, 0.1) is 18.1 Å². The molecule has 0 aromatic heterocycles. The van der Waals surface area contributed by atoms with Crippen molar-refractivity contribution in [2.45, 2.75) is 6.54 Å². The van der Waals surface area contributed by atoms with Gasteiger partial charge in [0.15, 0.2) is 0 Å². The van der Waals surface area contributed by atoms with Gasteiger partial charge in [-0.25, -0.2) is 4.39 Å². The van der Waals surface area contributed by atoms with E-state index in [2.05, 4.69) is 5.92 Å². The summed E-state index contributed by atoms with van der Waals surface area (Å²) >= 11 is 5.63. The molecule has 0 aliphatic rings. The standard InChI is InChI=1S/C12H11ClFNO2/c1-2-6-15(8-11(16)17)7-9-4-3-5-10(13)12(9)14/h1,3-5H,6-8H2,(H,16,17). The lowest BCUT2D eigenvalue weighted by Crippen LogP contribution is -2.30. The Morgan fingerprint density at radius 3 is 2.88 bits per heavy atom. The Morgan fingerprint density at radius 2 is 2.29 bits per heavy atom. The molecule has 90 valence electrons. The first-order valence-electron chi connectivity index (χ1n) is 4.85. The maximum Gasteiger partial charge on any atom is 0.317 e. The van der Waals surface area contributed by atoms with Crippen molar-refractivity contribution in [3.63, 3.8) is 0 Å². The predicted molar refractivity (Wildman–Crippen MR) is 63.2 cm³/mol. The van der Waals surface area contributed by atoms with Crippen molar-refractivity contribution in [1.29, 1.82) is 0 Å². The van der Waals surface area contributed by atoms with Crippen LogP contribution < -0.4 is 0 Å². The van der Waals surface area contributed by atoms with Gasteiger partial charge in [-0.15, -0.1) is 6.42 Å². The molecule has 1 aromatic rings. The highest BCUT2D eigenvalue weighted by atomic mass is 35.5. The molecule has 0 aliphatic heterocycles. The summed E-state index contributed by atoms with van der Waals surface area (Å²) in [5.41, 5.74) is 0.328. The maximum absolute atomic E-state index is 13.6. The van der Waals surface area contributed by atoms with Crippen molar-refractivity contribution >= 4 is 17.6 Å². The average Bonchev–Trinajstić information content (AvgIpc) is 2.24. The maximum atomic E-state index is 13.6. The van der Waals surface area contributed by atoms with E-state index in [9.17, 15) is 9.18 Å². The van der Waals surface area contributed by atoms with Crippen molar-refractivity contribution in [3.05, 3.63) is 34.6 Å². The molecule has 1 N–H and O–H groups in total. The average molecular weight is 256 g/mol. The van der Waals surface area contributed by atoms with E-state index in [-0.39, 0.29) is 24.7 Å². The lowest BCUT2D eigenvalue weighted by atomic mass is 10.2. The topological polar surface area (TPSA) is 40.5 Å². The van der Waals surface area contributed by atoms with E-state index < -0.39 is 11.8 Å². The minimum absolute atomic E-state index is 0.0125. The van der Waals surface area contributed by atoms with Gasteiger partial charge in [0.25, 0.3) is 0 Å². The van der Waals surface area contributed by atoms with Crippen LogP contribution >= 0.6 is 11.6 Å². The van der Waals surface area contributed by atoms with Gasteiger partial charge in [0, 0.05) is 12.1 Å². The van der Waals surface area contributed by atoms with Gasteiger partial charge in [-0.3, -0.25) is 9.69 Å². The van der Waals surface area contributed by atoms with Gasteiger partial charge in [-0.05, 0) is 6.07 Å². The molecular formula is C12H11ClFNO2. The first-order chi connectivity index (χ1) is 8.04. The summed E-state index contributed by atoms with van der Waals surface area (Å²) in [6.45, 7) is 0.0112. The smallest absolute Gasteiger partial charge is 0.317 e. The molecule has 1 rings (SSSR count). The Balaban J connectivity index is 2.82. The Kier molecular flexibility index (Phi) is 4.95. The number of halogens is 2. The van der Waals surface area contributed by atoms with Gasteiger partial charge < -0.3 is 5.11 Å². The Bertz CT molecular complexity index is 456. The number of carbonyl (C=O) groups is 1. The molecule has 0 heterocycles. The van der Waals surface area contributed by atoms with Crippen LogP contribution in [-0.4, -0.2) is 29.1 Å². The Labute approximate surface area is 104 Å². The number of hydrogen-bond acceptors (Lipinski definition) is 2. The zero-order chi connectivity index (χ0) is 12.8. The molecule has 0 amide bonds. The van der Waals surface area contributed by atoms with E-state index in [1.54, 1.807) is 12.1 Å². The SMILES string of the molecule is C#CCN(CC(=O)O)Cc1cccc(Cl)c1F. The van der Waals surface area contributed by atoms with Crippen LogP contribution in [0.15, 0.2) is 18.2 Å². The summed E-state index contributed by atoms with van der Waals surface area (Å²) in [6, 6.07) is 4.59. The summed E-state index contributed by atoms with van der Waals surface area (Å²) in [5.74, 6) is 0.783. The molecule has 0 spiro atoms. The van der Waals surface area contributed by atoms with Gasteiger partial charge in [0.2, 0.25) is 0 Å². The second kappa shape index (κ2) is 6.24. The Morgan fingerprint density at radius 1 is 1.59 bits per heavy atom. The third-order valence-electron chi connectivity index (χ3n) is 2.10. The number of nitrogens with zero attached hydrogens (tertiary/aromatic N) is 1. The molecule has 0 fully saturated rings. The number of carboxylic acid groups (broad SMARTS) is 1. The molecule has 0 atom stereocenters. The van der Waals surface area contributed by atoms with E-state index in [0.29, 0.717) is 5.56 Å². The zero-order valence-corrected chi connectivity index (χ0v) is 9.75. The second-order valence-electron chi connectivity index (χ2n) is 3.46. The summed E-state index contributed by atoms with van der Waals surface area (Å²) in [5, 5.41) is 8.69. The summed E-state index contributed by atoms with van der Waals surface area (Å²) < 4.78 is 13.6. The molecule has 0 radical (unpaired) electrons. The third kappa shape index (κ3) is 4.06. The van der Waals surface area contributed by atoms with Crippen molar-refractivity contribution in [3.8, 4) is 12.3 Å². The first kappa shape index (κ1) is 13.5. The summed E-state index contributed by atoms with van der Waals surface area (Å²) in [7, 11) is 0. The van der Waals surface area contributed by atoms with Crippen molar-refractivity contribution in [1.82, 2.24) is 4.90 Å². The minimum atomic E-state index is -1.01. The minimum Gasteiger partial charge on any atom is -0.480 e. The van der Waals surface area contributed by atoms with Gasteiger partial charge in [-0.1, -0.05) is 29.7 Å². The molecule has 1 aromatic carbocycles. The molecular weight excluding hydrogens is 245 g/mol. The molecule has 0 saturated carbocycles. The molecule has 0 aliphatic carbocycles. The highest BCUT2D eigenvalue weighted by molar-refractivity contribution is 6.30. The number of hydrogen-bond donors (Lipinski definition) is 1. The lowest BCUT2D eigenvalue weighted by molar-refractivity contribution is -0.138.